The molecular formula is C23H21N5O3S. The zero-order valence-electron chi connectivity index (χ0n) is 17.0. The Bertz CT molecular complexity index is 1310. The number of rotatable bonds is 8. The molecule has 0 spiro atoms. The summed E-state index contributed by atoms with van der Waals surface area (Å²) in [5, 5.41) is 2.82. The SMILES string of the molecule is O=C(NCc1ccnc(-n2ccnc2)c1)c1cccc(S(=O)(=O)NCc2ccccc2)c1. The number of aromatic nitrogens is 3. The van der Waals surface area contributed by atoms with E-state index in [1.807, 2.05) is 36.4 Å². The van der Waals surface area contributed by atoms with E-state index in [9.17, 15) is 13.2 Å². The van der Waals surface area contributed by atoms with Gasteiger partial charge in [-0.15, -0.1) is 0 Å². The van der Waals surface area contributed by atoms with Crippen molar-refractivity contribution in [1.29, 1.82) is 0 Å². The lowest BCUT2D eigenvalue weighted by molar-refractivity contribution is 0.0950. The van der Waals surface area contributed by atoms with Crippen LogP contribution < -0.4 is 10.0 Å². The molecule has 8 nitrogen and oxygen atoms in total. The van der Waals surface area contributed by atoms with E-state index < -0.39 is 10.0 Å². The van der Waals surface area contributed by atoms with Gasteiger partial charge in [0.25, 0.3) is 5.91 Å². The van der Waals surface area contributed by atoms with Gasteiger partial charge in [-0.1, -0.05) is 36.4 Å². The van der Waals surface area contributed by atoms with Crippen LogP contribution in [0.3, 0.4) is 0 Å². The topological polar surface area (TPSA) is 106 Å². The van der Waals surface area contributed by atoms with Crippen LogP contribution in [0.1, 0.15) is 21.5 Å². The summed E-state index contributed by atoms with van der Waals surface area (Å²) >= 11 is 0. The fourth-order valence-corrected chi connectivity index (χ4v) is 4.12. The van der Waals surface area contributed by atoms with Crippen molar-refractivity contribution in [1.82, 2.24) is 24.6 Å². The molecule has 2 aromatic heterocycles. The number of carbonyl (C=O) groups is 1. The second kappa shape index (κ2) is 9.54. The summed E-state index contributed by atoms with van der Waals surface area (Å²) in [5.74, 6) is 0.318. The van der Waals surface area contributed by atoms with Gasteiger partial charge in [-0.25, -0.2) is 23.1 Å². The van der Waals surface area contributed by atoms with Gasteiger partial charge in [-0.05, 0) is 41.5 Å². The lowest BCUT2D eigenvalue weighted by Gasteiger charge is -2.10. The molecule has 0 fully saturated rings. The Labute approximate surface area is 186 Å². The molecule has 0 atom stereocenters. The van der Waals surface area contributed by atoms with E-state index >= 15 is 0 Å². The summed E-state index contributed by atoms with van der Waals surface area (Å²) in [6.07, 6.45) is 6.74. The van der Waals surface area contributed by atoms with Crippen LogP contribution in [0.25, 0.3) is 5.82 Å². The molecule has 2 N–H and O–H groups in total. The van der Waals surface area contributed by atoms with Crippen LogP contribution in [0, 0.1) is 0 Å². The maximum atomic E-state index is 12.7. The zero-order valence-corrected chi connectivity index (χ0v) is 17.9. The van der Waals surface area contributed by atoms with Gasteiger partial charge in [-0.2, -0.15) is 0 Å². The van der Waals surface area contributed by atoms with Crippen molar-refractivity contribution < 1.29 is 13.2 Å². The van der Waals surface area contributed by atoms with Crippen LogP contribution in [0.15, 0.2) is 96.5 Å². The quantitative estimate of drug-likeness (QED) is 0.432. The molecule has 0 aliphatic rings. The van der Waals surface area contributed by atoms with E-state index in [-0.39, 0.29) is 29.5 Å². The number of hydrogen-bond acceptors (Lipinski definition) is 5. The number of hydrogen-bond donors (Lipinski definition) is 2. The van der Waals surface area contributed by atoms with Crippen molar-refractivity contribution in [3.63, 3.8) is 0 Å². The normalized spacial score (nSPS) is 11.2. The van der Waals surface area contributed by atoms with E-state index in [0.717, 1.165) is 11.1 Å². The third-order valence-corrected chi connectivity index (χ3v) is 6.15. The lowest BCUT2D eigenvalue weighted by atomic mass is 10.2. The average Bonchev–Trinajstić information content (AvgIpc) is 3.37. The Morgan fingerprint density at radius 2 is 1.75 bits per heavy atom. The highest BCUT2D eigenvalue weighted by Gasteiger charge is 2.16. The average molecular weight is 448 g/mol. The Balaban J connectivity index is 1.41. The van der Waals surface area contributed by atoms with Crippen LogP contribution in [0.2, 0.25) is 0 Å². The summed E-state index contributed by atoms with van der Waals surface area (Å²) in [5.41, 5.74) is 1.96. The van der Waals surface area contributed by atoms with Crippen LogP contribution in [0.4, 0.5) is 0 Å². The first-order chi connectivity index (χ1) is 15.5. The van der Waals surface area contributed by atoms with E-state index in [0.29, 0.717) is 5.82 Å². The van der Waals surface area contributed by atoms with Crippen molar-refractivity contribution in [2.24, 2.45) is 0 Å². The molecule has 9 heteroatoms. The molecule has 0 unspecified atom stereocenters. The van der Waals surface area contributed by atoms with Crippen molar-refractivity contribution in [3.8, 4) is 5.82 Å². The summed E-state index contributed by atoms with van der Waals surface area (Å²) in [7, 11) is -3.76. The van der Waals surface area contributed by atoms with Gasteiger partial charge in [0.2, 0.25) is 10.0 Å². The molecule has 0 aliphatic heterocycles. The second-order valence-electron chi connectivity index (χ2n) is 7.01. The molecule has 2 aromatic carbocycles. The first-order valence-electron chi connectivity index (χ1n) is 9.86. The molecule has 32 heavy (non-hydrogen) atoms. The lowest BCUT2D eigenvalue weighted by Crippen LogP contribution is -2.25. The predicted octanol–water partition coefficient (Wildman–Crippen LogP) is 2.68. The molecule has 0 bridgehead atoms. The fourth-order valence-electron chi connectivity index (χ4n) is 3.05. The zero-order chi connectivity index (χ0) is 22.4. The van der Waals surface area contributed by atoms with Gasteiger partial charge in [0, 0.05) is 37.2 Å². The van der Waals surface area contributed by atoms with Crippen molar-refractivity contribution in [2.45, 2.75) is 18.0 Å². The van der Waals surface area contributed by atoms with E-state index in [1.54, 1.807) is 47.7 Å². The van der Waals surface area contributed by atoms with Gasteiger partial charge >= 0.3 is 0 Å². The molecule has 4 aromatic rings. The van der Waals surface area contributed by atoms with Crippen LogP contribution in [-0.4, -0.2) is 28.9 Å². The molecule has 0 aliphatic carbocycles. The summed E-state index contributed by atoms with van der Waals surface area (Å²) < 4.78 is 29.6. The highest BCUT2D eigenvalue weighted by molar-refractivity contribution is 7.89. The number of nitrogens with zero attached hydrogens (tertiary/aromatic N) is 3. The van der Waals surface area contributed by atoms with E-state index in [4.69, 9.17) is 0 Å². The van der Waals surface area contributed by atoms with Crippen LogP contribution in [0.5, 0.6) is 0 Å². The number of pyridine rings is 1. The first kappa shape index (κ1) is 21.4. The van der Waals surface area contributed by atoms with Crippen LogP contribution >= 0.6 is 0 Å². The Kier molecular flexibility index (Phi) is 6.39. The standard InChI is InChI=1S/C23H21N5O3S/c29-23(26-15-19-9-10-25-22(13-19)28-12-11-24-17-28)20-7-4-8-21(14-20)32(30,31)27-16-18-5-2-1-3-6-18/h1-14,17,27H,15-16H2,(H,26,29). The molecule has 4 rings (SSSR count). The monoisotopic (exact) mass is 447 g/mol. The summed E-state index contributed by atoms with van der Waals surface area (Å²) in [6, 6.07) is 18.8. The molecule has 162 valence electrons. The minimum Gasteiger partial charge on any atom is -0.348 e. The number of imidazole rings is 1. The van der Waals surface area contributed by atoms with E-state index in [1.165, 1.54) is 12.1 Å². The number of carbonyl (C=O) groups excluding carboxylic acids is 1. The van der Waals surface area contributed by atoms with E-state index in [2.05, 4.69) is 20.0 Å². The highest BCUT2D eigenvalue weighted by atomic mass is 32.2. The summed E-state index contributed by atoms with van der Waals surface area (Å²) in [6.45, 7) is 0.438. The maximum absolute atomic E-state index is 12.7. The highest BCUT2D eigenvalue weighted by Crippen LogP contribution is 2.13. The number of sulfonamides is 1. The van der Waals surface area contributed by atoms with Crippen molar-refractivity contribution in [3.05, 3.63) is 108 Å². The molecule has 1 amide bonds. The molecular weight excluding hydrogens is 426 g/mol. The molecule has 0 saturated carbocycles. The third kappa shape index (κ3) is 5.26. The second-order valence-corrected chi connectivity index (χ2v) is 8.78. The predicted molar refractivity (Wildman–Crippen MR) is 119 cm³/mol. The minimum atomic E-state index is -3.76. The van der Waals surface area contributed by atoms with Crippen LogP contribution in [-0.2, 0) is 23.1 Å². The number of nitrogens with one attached hydrogen (secondary N) is 2. The Hall–Kier alpha value is -3.82. The fraction of sp³-hybridized carbons (Fsp3) is 0.0870. The first-order valence-corrected chi connectivity index (χ1v) is 11.3. The summed E-state index contributed by atoms with van der Waals surface area (Å²) in [4.78, 5) is 20.9. The number of benzene rings is 2. The number of amides is 1. The molecule has 0 saturated heterocycles. The van der Waals surface area contributed by atoms with Gasteiger partial charge in [0.05, 0.1) is 4.90 Å². The minimum absolute atomic E-state index is 0.0346. The molecule has 2 heterocycles. The van der Waals surface area contributed by atoms with Gasteiger partial charge < -0.3 is 5.32 Å². The maximum Gasteiger partial charge on any atom is 0.251 e. The van der Waals surface area contributed by atoms with Crippen molar-refractivity contribution in [2.75, 3.05) is 0 Å². The van der Waals surface area contributed by atoms with Gasteiger partial charge in [0.1, 0.15) is 12.1 Å². The van der Waals surface area contributed by atoms with Gasteiger partial charge in [-0.3, -0.25) is 9.36 Å². The largest absolute Gasteiger partial charge is 0.348 e. The molecule has 0 radical (unpaired) electrons. The Morgan fingerprint density at radius 3 is 2.53 bits per heavy atom. The Morgan fingerprint density at radius 1 is 0.906 bits per heavy atom. The van der Waals surface area contributed by atoms with Crippen molar-refractivity contribution >= 4 is 15.9 Å². The smallest absolute Gasteiger partial charge is 0.251 e. The van der Waals surface area contributed by atoms with Gasteiger partial charge in [0.15, 0.2) is 0 Å². The third-order valence-electron chi connectivity index (χ3n) is 4.75.